The van der Waals surface area contributed by atoms with E-state index in [0.717, 1.165) is 17.1 Å². The third-order valence-corrected chi connectivity index (χ3v) is 5.53. The van der Waals surface area contributed by atoms with E-state index in [1.54, 1.807) is 0 Å². The average Bonchev–Trinajstić information content (AvgIpc) is 2.86. The Hall–Kier alpha value is -0.480. The minimum atomic E-state index is 0.542. The normalized spacial score (nSPS) is 16.5. The second-order valence-electron chi connectivity index (χ2n) is 5.42. The quantitative estimate of drug-likeness (QED) is 0.433. The first-order chi connectivity index (χ1) is 9.81. The van der Waals surface area contributed by atoms with Gasteiger partial charge >= 0.3 is 0 Å². The van der Waals surface area contributed by atoms with Crippen molar-refractivity contribution in [3.63, 3.8) is 0 Å². The summed E-state index contributed by atoms with van der Waals surface area (Å²) < 4.78 is 7.45. The van der Waals surface area contributed by atoms with E-state index in [1.165, 1.54) is 41.2 Å². The standard InChI is InChI=1S/C17H18ClIO/c18-11-14-15(19)17(13-9-5-2-6-10-13)20-16(14)12-7-3-1-4-8-12/h2,5-6,9-10,12H,1,3-4,7-8,11H2. The molecular formula is C17H18ClIO. The van der Waals surface area contributed by atoms with Crippen molar-refractivity contribution >= 4 is 34.2 Å². The summed E-state index contributed by atoms with van der Waals surface area (Å²) >= 11 is 8.58. The molecule has 0 N–H and O–H groups in total. The van der Waals surface area contributed by atoms with Gasteiger partial charge in [0.15, 0.2) is 0 Å². The van der Waals surface area contributed by atoms with Gasteiger partial charge in [0.05, 0.1) is 9.45 Å². The number of benzene rings is 1. The molecule has 0 bridgehead atoms. The zero-order valence-electron chi connectivity index (χ0n) is 11.4. The van der Waals surface area contributed by atoms with Gasteiger partial charge in [0.2, 0.25) is 0 Å². The third kappa shape index (κ3) is 2.77. The van der Waals surface area contributed by atoms with Crippen LogP contribution in [0.3, 0.4) is 0 Å². The highest BCUT2D eigenvalue weighted by molar-refractivity contribution is 14.1. The van der Waals surface area contributed by atoms with Crippen molar-refractivity contribution < 1.29 is 4.42 Å². The third-order valence-electron chi connectivity index (χ3n) is 4.12. The van der Waals surface area contributed by atoms with Gasteiger partial charge in [0.1, 0.15) is 11.5 Å². The molecule has 0 aliphatic heterocycles. The highest BCUT2D eigenvalue weighted by atomic mass is 127. The molecule has 0 saturated heterocycles. The molecule has 0 spiro atoms. The second kappa shape index (κ2) is 6.52. The summed E-state index contributed by atoms with van der Waals surface area (Å²) in [6.07, 6.45) is 6.45. The largest absolute Gasteiger partial charge is 0.459 e. The minimum absolute atomic E-state index is 0.542. The molecule has 0 radical (unpaired) electrons. The Kier molecular flexibility index (Phi) is 4.72. The zero-order valence-corrected chi connectivity index (χ0v) is 14.3. The number of rotatable bonds is 3. The molecule has 3 heteroatoms. The monoisotopic (exact) mass is 400 g/mol. The van der Waals surface area contributed by atoms with E-state index in [2.05, 4.69) is 46.9 Å². The number of furan rings is 1. The Balaban J connectivity index is 2.02. The van der Waals surface area contributed by atoms with Gasteiger partial charge in [-0.2, -0.15) is 0 Å². The molecule has 1 aliphatic rings. The predicted octanol–water partition coefficient (Wildman–Crippen LogP) is 6.34. The molecule has 2 aromatic rings. The molecule has 1 fully saturated rings. The molecule has 0 amide bonds. The summed E-state index contributed by atoms with van der Waals surface area (Å²) in [7, 11) is 0. The molecule has 1 aliphatic carbocycles. The van der Waals surface area contributed by atoms with Crippen molar-refractivity contribution in [1.29, 1.82) is 0 Å². The van der Waals surface area contributed by atoms with Crippen LogP contribution in [-0.4, -0.2) is 0 Å². The molecule has 1 aromatic carbocycles. The maximum Gasteiger partial charge on any atom is 0.147 e. The fourth-order valence-corrected chi connectivity index (χ4v) is 4.42. The van der Waals surface area contributed by atoms with Gasteiger partial charge in [-0.1, -0.05) is 49.6 Å². The number of alkyl halides is 1. The SMILES string of the molecule is ClCc1c(C2CCCCC2)oc(-c2ccccc2)c1I. The first kappa shape index (κ1) is 14.5. The molecule has 1 aromatic heterocycles. The summed E-state index contributed by atoms with van der Waals surface area (Å²) in [5.74, 6) is 3.23. The van der Waals surface area contributed by atoms with Crippen LogP contribution in [0.15, 0.2) is 34.7 Å². The van der Waals surface area contributed by atoms with E-state index in [1.807, 2.05) is 6.07 Å². The summed E-state index contributed by atoms with van der Waals surface area (Å²) in [6.45, 7) is 0. The van der Waals surface area contributed by atoms with E-state index < -0.39 is 0 Å². The van der Waals surface area contributed by atoms with Crippen molar-refractivity contribution in [2.75, 3.05) is 0 Å². The van der Waals surface area contributed by atoms with Crippen molar-refractivity contribution in [1.82, 2.24) is 0 Å². The number of hydrogen-bond acceptors (Lipinski definition) is 1. The van der Waals surface area contributed by atoms with Crippen LogP contribution in [0.4, 0.5) is 0 Å². The van der Waals surface area contributed by atoms with Crippen LogP contribution < -0.4 is 0 Å². The lowest BCUT2D eigenvalue weighted by Crippen LogP contribution is -2.05. The molecule has 0 unspecified atom stereocenters. The van der Waals surface area contributed by atoms with Crippen molar-refractivity contribution in [3.05, 3.63) is 45.2 Å². The Morgan fingerprint density at radius 2 is 1.80 bits per heavy atom. The molecule has 106 valence electrons. The summed E-state index contributed by atoms with van der Waals surface area (Å²) in [6, 6.07) is 10.3. The Bertz CT molecular complexity index is 570. The molecule has 1 heterocycles. The number of hydrogen-bond donors (Lipinski definition) is 0. The van der Waals surface area contributed by atoms with Crippen LogP contribution in [0, 0.1) is 3.57 Å². The topological polar surface area (TPSA) is 13.1 Å². The van der Waals surface area contributed by atoms with E-state index in [0.29, 0.717) is 11.8 Å². The van der Waals surface area contributed by atoms with Gasteiger partial charge in [-0.15, -0.1) is 11.6 Å². The maximum atomic E-state index is 6.27. The highest BCUT2D eigenvalue weighted by Gasteiger charge is 2.26. The molecular weight excluding hydrogens is 383 g/mol. The fourth-order valence-electron chi connectivity index (χ4n) is 3.06. The van der Waals surface area contributed by atoms with Gasteiger partial charge in [-0.05, 0) is 35.4 Å². The van der Waals surface area contributed by atoms with Gasteiger partial charge in [0.25, 0.3) is 0 Å². The summed E-state index contributed by atoms with van der Waals surface area (Å²) in [5, 5.41) is 0. The molecule has 1 nitrogen and oxygen atoms in total. The van der Waals surface area contributed by atoms with Crippen LogP contribution in [0.2, 0.25) is 0 Å². The van der Waals surface area contributed by atoms with Gasteiger partial charge in [-0.25, -0.2) is 0 Å². The first-order valence-corrected chi connectivity index (χ1v) is 8.85. The number of halogens is 2. The van der Waals surface area contributed by atoms with E-state index >= 15 is 0 Å². The first-order valence-electron chi connectivity index (χ1n) is 7.23. The van der Waals surface area contributed by atoms with Crippen molar-refractivity contribution in [2.24, 2.45) is 0 Å². The smallest absolute Gasteiger partial charge is 0.147 e. The molecule has 20 heavy (non-hydrogen) atoms. The lowest BCUT2D eigenvalue weighted by molar-refractivity contribution is 0.376. The van der Waals surface area contributed by atoms with E-state index in [9.17, 15) is 0 Å². The van der Waals surface area contributed by atoms with Crippen LogP contribution in [0.25, 0.3) is 11.3 Å². The molecule has 0 atom stereocenters. The van der Waals surface area contributed by atoms with Crippen LogP contribution in [0.1, 0.15) is 49.3 Å². The predicted molar refractivity (Wildman–Crippen MR) is 92.2 cm³/mol. The van der Waals surface area contributed by atoms with Crippen molar-refractivity contribution in [3.8, 4) is 11.3 Å². The lowest BCUT2D eigenvalue weighted by Gasteiger charge is -2.20. The van der Waals surface area contributed by atoms with Gasteiger partial charge in [-0.3, -0.25) is 0 Å². The Labute approximate surface area is 138 Å². The van der Waals surface area contributed by atoms with Crippen molar-refractivity contribution in [2.45, 2.75) is 43.9 Å². The molecule has 3 rings (SSSR count). The Morgan fingerprint density at radius 3 is 2.45 bits per heavy atom. The summed E-state index contributed by atoms with van der Waals surface area (Å²) in [4.78, 5) is 0. The van der Waals surface area contributed by atoms with Gasteiger partial charge in [0, 0.05) is 17.0 Å². The fraction of sp³-hybridized carbons (Fsp3) is 0.412. The molecule has 1 saturated carbocycles. The lowest BCUT2D eigenvalue weighted by atomic mass is 9.86. The summed E-state index contributed by atoms with van der Waals surface area (Å²) in [5.41, 5.74) is 2.35. The van der Waals surface area contributed by atoms with Gasteiger partial charge < -0.3 is 4.42 Å². The van der Waals surface area contributed by atoms with E-state index in [4.69, 9.17) is 16.0 Å². The maximum absolute atomic E-state index is 6.27. The van der Waals surface area contributed by atoms with Crippen LogP contribution >= 0.6 is 34.2 Å². The minimum Gasteiger partial charge on any atom is -0.459 e. The highest BCUT2D eigenvalue weighted by Crippen LogP contribution is 2.41. The van der Waals surface area contributed by atoms with Crippen LogP contribution in [0.5, 0.6) is 0 Å². The van der Waals surface area contributed by atoms with E-state index in [-0.39, 0.29) is 0 Å². The zero-order chi connectivity index (χ0) is 13.9. The average molecular weight is 401 g/mol. The van der Waals surface area contributed by atoms with Crippen LogP contribution in [-0.2, 0) is 5.88 Å². The second-order valence-corrected chi connectivity index (χ2v) is 6.77. The Morgan fingerprint density at radius 1 is 1.10 bits per heavy atom.